The van der Waals surface area contributed by atoms with Gasteiger partial charge in [-0.05, 0) is 20.8 Å². The lowest BCUT2D eigenvalue weighted by molar-refractivity contribution is -0.503. The van der Waals surface area contributed by atoms with Crippen LogP contribution in [0.5, 0.6) is 0 Å². The third kappa shape index (κ3) is 2.49. The lowest BCUT2D eigenvalue weighted by atomic mass is 9.91. The normalized spacial score (nSPS) is 29.9. The molecule has 1 fully saturated rings. The van der Waals surface area contributed by atoms with Crippen LogP contribution in [0, 0.1) is 5.21 Å². The molecule has 21 heavy (non-hydrogen) atoms. The lowest BCUT2D eigenvalue weighted by Gasteiger charge is -2.35. The van der Waals surface area contributed by atoms with Crippen LogP contribution in [0.25, 0.3) is 0 Å². The molecule has 0 unspecified atom stereocenters. The SMILES string of the molecule is CCOC(=O)[C@@H]1N=C2C(=[N+]([O-])[C@@H]1N)COC(C)(C)/C2=N\O. The van der Waals surface area contributed by atoms with E-state index >= 15 is 0 Å². The molecule has 3 N–H and O–H groups in total. The Morgan fingerprint density at radius 2 is 2.38 bits per heavy atom. The zero-order valence-corrected chi connectivity index (χ0v) is 12.1. The molecule has 2 heterocycles. The molecule has 0 saturated carbocycles. The van der Waals surface area contributed by atoms with Crippen molar-refractivity contribution >= 4 is 23.1 Å². The first-order chi connectivity index (χ1) is 9.83. The van der Waals surface area contributed by atoms with Gasteiger partial charge in [-0.2, -0.15) is 4.74 Å². The maximum Gasteiger partial charge on any atom is 0.339 e. The highest BCUT2D eigenvalue weighted by Crippen LogP contribution is 2.22. The summed E-state index contributed by atoms with van der Waals surface area (Å²) in [5, 5.41) is 24.6. The second-order valence-electron chi connectivity index (χ2n) is 5.19. The first-order valence-corrected chi connectivity index (χ1v) is 6.53. The second-order valence-corrected chi connectivity index (χ2v) is 5.19. The van der Waals surface area contributed by atoms with Crippen LogP contribution in [0.3, 0.4) is 0 Å². The minimum atomic E-state index is -1.20. The highest BCUT2D eigenvalue weighted by Gasteiger charge is 2.48. The monoisotopic (exact) mass is 298 g/mol. The lowest BCUT2D eigenvalue weighted by Crippen LogP contribution is -2.60. The van der Waals surface area contributed by atoms with Crippen molar-refractivity contribution in [3.8, 4) is 0 Å². The number of oxime groups is 1. The van der Waals surface area contributed by atoms with Gasteiger partial charge in [0.05, 0.1) is 6.61 Å². The molecular weight excluding hydrogens is 280 g/mol. The predicted molar refractivity (Wildman–Crippen MR) is 73.7 cm³/mol. The van der Waals surface area contributed by atoms with E-state index in [1.807, 2.05) is 0 Å². The summed E-state index contributed by atoms with van der Waals surface area (Å²) in [6, 6.07) is -1.17. The van der Waals surface area contributed by atoms with E-state index in [9.17, 15) is 15.2 Å². The summed E-state index contributed by atoms with van der Waals surface area (Å²) in [6.07, 6.45) is -1.20. The summed E-state index contributed by atoms with van der Waals surface area (Å²) in [5.74, 6) is -0.695. The summed E-state index contributed by atoms with van der Waals surface area (Å²) in [6.45, 7) is 5.11. The quantitative estimate of drug-likeness (QED) is 0.226. The number of nitrogens with two attached hydrogens (primary N) is 1. The molecule has 0 bridgehead atoms. The van der Waals surface area contributed by atoms with Crippen molar-refractivity contribution in [2.24, 2.45) is 15.9 Å². The molecule has 0 aliphatic carbocycles. The number of hydrogen-bond acceptors (Lipinski definition) is 8. The number of fused-ring (bicyclic) bond motifs is 1. The number of hydroxylamine groups is 1. The molecule has 0 spiro atoms. The number of esters is 1. The number of hydrogen-bond donors (Lipinski definition) is 2. The molecule has 1 saturated heterocycles. The Morgan fingerprint density at radius 1 is 1.71 bits per heavy atom. The van der Waals surface area contributed by atoms with Gasteiger partial charge in [0.15, 0.2) is 5.71 Å². The molecular formula is C12H18N4O5. The Labute approximate surface area is 121 Å². The van der Waals surface area contributed by atoms with Gasteiger partial charge in [0, 0.05) is 0 Å². The third-order valence-corrected chi connectivity index (χ3v) is 3.39. The fourth-order valence-electron chi connectivity index (χ4n) is 2.22. The molecule has 116 valence electrons. The summed E-state index contributed by atoms with van der Waals surface area (Å²) in [4.78, 5) is 16.0. The van der Waals surface area contributed by atoms with E-state index in [2.05, 4.69) is 10.1 Å². The van der Waals surface area contributed by atoms with Crippen molar-refractivity contribution in [3.63, 3.8) is 0 Å². The molecule has 0 aromatic rings. The highest BCUT2D eigenvalue weighted by atomic mass is 16.5. The Bertz CT molecular complexity index is 552. The molecule has 2 rings (SSSR count). The minimum Gasteiger partial charge on any atom is -0.622 e. The summed E-state index contributed by atoms with van der Waals surface area (Å²) >= 11 is 0. The van der Waals surface area contributed by atoms with E-state index in [1.165, 1.54) is 0 Å². The summed E-state index contributed by atoms with van der Waals surface area (Å²) in [5.41, 5.74) is 5.15. The van der Waals surface area contributed by atoms with Crippen LogP contribution < -0.4 is 5.73 Å². The van der Waals surface area contributed by atoms with E-state index in [-0.39, 0.29) is 30.3 Å². The van der Waals surface area contributed by atoms with Gasteiger partial charge >= 0.3 is 5.97 Å². The van der Waals surface area contributed by atoms with Crippen molar-refractivity contribution in [2.75, 3.05) is 13.2 Å². The van der Waals surface area contributed by atoms with Crippen molar-refractivity contribution in [3.05, 3.63) is 5.21 Å². The molecule has 9 heteroatoms. The first-order valence-electron chi connectivity index (χ1n) is 6.53. The fraction of sp³-hybridized carbons (Fsp3) is 0.667. The topological polar surface area (TPSA) is 133 Å². The Hall–Kier alpha value is -2.00. The average Bonchev–Trinajstić information content (AvgIpc) is 2.42. The van der Waals surface area contributed by atoms with Crippen LogP contribution >= 0.6 is 0 Å². The van der Waals surface area contributed by atoms with Crippen LogP contribution in [-0.2, 0) is 14.3 Å². The van der Waals surface area contributed by atoms with E-state index in [0.29, 0.717) is 4.74 Å². The molecule has 0 radical (unpaired) electrons. The number of rotatable bonds is 2. The largest absolute Gasteiger partial charge is 0.622 e. The second kappa shape index (κ2) is 5.41. The molecule has 0 amide bonds. The standard InChI is InChI=1S/C12H18N4O5/c1-4-20-11(17)8-10(13)16(19)6-5-21-12(2,3)9(15-18)7(6)14-8/h8,10,18H,4-5,13H2,1-3H3/b15-9-/t8-,10+/m1/s1. The van der Waals surface area contributed by atoms with Gasteiger partial charge in [-0.15, -0.1) is 0 Å². The Balaban J connectivity index is 2.48. The van der Waals surface area contributed by atoms with Crippen molar-refractivity contribution in [1.29, 1.82) is 0 Å². The van der Waals surface area contributed by atoms with Gasteiger partial charge in [0.2, 0.25) is 17.9 Å². The van der Waals surface area contributed by atoms with E-state index < -0.39 is 23.8 Å². The van der Waals surface area contributed by atoms with Gasteiger partial charge in [0.25, 0.3) is 0 Å². The van der Waals surface area contributed by atoms with Crippen LogP contribution in [0.1, 0.15) is 20.8 Å². The van der Waals surface area contributed by atoms with Gasteiger partial charge in [-0.25, -0.2) is 4.79 Å². The first kappa shape index (κ1) is 15.4. The fourth-order valence-corrected chi connectivity index (χ4v) is 2.22. The van der Waals surface area contributed by atoms with Crippen molar-refractivity contribution in [1.82, 2.24) is 0 Å². The van der Waals surface area contributed by atoms with E-state index in [0.717, 1.165) is 0 Å². The van der Waals surface area contributed by atoms with Gasteiger partial charge in [-0.3, -0.25) is 10.7 Å². The number of carbonyl (C=O) groups is 1. The van der Waals surface area contributed by atoms with Crippen LogP contribution in [0.15, 0.2) is 10.1 Å². The Kier molecular flexibility index (Phi) is 3.97. The molecule has 0 aromatic heterocycles. The number of aliphatic imine (C=N–C) groups is 1. The zero-order chi connectivity index (χ0) is 15.8. The van der Waals surface area contributed by atoms with Crippen molar-refractivity contribution < 1.29 is 24.2 Å². The number of ether oxygens (including phenoxy) is 2. The third-order valence-electron chi connectivity index (χ3n) is 3.39. The van der Waals surface area contributed by atoms with Crippen LogP contribution in [-0.4, -0.2) is 64.1 Å². The molecule has 9 nitrogen and oxygen atoms in total. The van der Waals surface area contributed by atoms with Crippen LogP contribution in [0.2, 0.25) is 0 Å². The minimum absolute atomic E-state index is 0.0302. The smallest absolute Gasteiger partial charge is 0.339 e. The van der Waals surface area contributed by atoms with E-state index in [4.69, 9.17) is 15.2 Å². The molecule has 0 aromatic carbocycles. The van der Waals surface area contributed by atoms with Crippen molar-refractivity contribution in [2.45, 2.75) is 38.6 Å². The number of nitrogens with zero attached hydrogens (tertiary/aromatic N) is 3. The summed E-state index contributed by atoms with van der Waals surface area (Å²) in [7, 11) is 0. The predicted octanol–water partition coefficient (Wildman–Crippen LogP) is -0.752. The van der Waals surface area contributed by atoms with Crippen LogP contribution in [0.4, 0.5) is 0 Å². The highest BCUT2D eigenvalue weighted by molar-refractivity contribution is 6.70. The molecule has 2 aliphatic heterocycles. The van der Waals surface area contributed by atoms with Gasteiger partial charge in [0.1, 0.15) is 17.9 Å². The average molecular weight is 298 g/mol. The Morgan fingerprint density at radius 3 is 2.95 bits per heavy atom. The van der Waals surface area contributed by atoms with E-state index in [1.54, 1.807) is 20.8 Å². The maximum absolute atomic E-state index is 12.2. The summed E-state index contributed by atoms with van der Waals surface area (Å²) < 4.78 is 10.8. The maximum atomic E-state index is 12.2. The molecule has 2 aliphatic rings. The van der Waals surface area contributed by atoms with Gasteiger partial charge in [-0.1, -0.05) is 5.16 Å². The molecule has 2 atom stereocenters. The van der Waals surface area contributed by atoms with Gasteiger partial charge < -0.3 is 19.9 Å². The zero-order valence-electron chi connectivity index (χ0n) is 12.1. The number of carbonyl (C=O) groups excluding carboxylic acids is 1.